The van der Waals surface area contributed by atoms with E-state index in [0.717, 1.165) is 5.56 Å². The van der Waals surface area contributed by atoms with Crippen molar-refractivity contribution in [3.63, 3.8) is 0 Å². The standard InChI is InChI=1S/C20H23F4N3O2.HI/c1-25-19(26-10-9-15-5-3-4-6-16(15)21)27-12-14-7-8-17(18(11-14)28-2)29-13-20(22,23)24;/h3-8,11H,9-10,12-13H2,1-2H3,(H2,25,26,27);1H. The molecule has 0 heterocycles. The molecule has 0 aromatic heterocycles. The lowest BCUT2D eigenvalue weighted by molar-refractivity contribution is -0.153. The van der Waals surface area contributed by atoms with Gasteiger partial charge in [0, 0.05) is 20.1 Å². The minimum absolute atomic E-state index is 0. The first-order valence-electron chi connectivity index (χ1n) is 8.87. The highest BCUT2D eigenvalue weighted by atomic mass is 127. The van der Waals surface area contributed by atoms with Crippen molar-refractivity contribution in [1.82, 2.24) is 10.6 Å². The van der Waals surface area contributed by atoms with Crippen LogP contribution in [0.1, 0.15) is 11.1 Å². The molecule has 10 heteroatoms. The predicted molar refractivity (Wildman–Crippen MR) is 118 cm³/mol. The lowest BCUT2D eigenvalue weighted by Gasteiger charge is -2.15. The van der Waals surface area contributed by atoms with Crippen LogP contribution in [0.5, 0.6) is 11.5 Å². The van der Waals surface area contributed by atoms with Gasteiger partial charge in [-0.15, -0.1) is 24.0 Å². The quantitative estimate of drug-likeness (QED) is 0.227. The Morgan fingerprint density at radius 2 is 1.80 bits per heavy atom. The summed E-state index contributed by atoms with van der Waals surface area (Å²) in [6, 6.07) is 11.2. The lowest BCUT2D eigenvalue weighted by atomic mass is 10.1. The van der Waals surface area contributed by atoms with Gasteiger partial charge < -0.3 is 20.1 Å². The van der Waals surface area contributed by atoms with E-state index in [1.807, 2.05) is 0 Å². The molecule has 0 saturated heterocycles. The first-order chi connectivity index (χ1) is 13.8. The first kappa shape index (κ1) is 25.8. The van der Waals surface area contributed by atoms with Crippen molar-refractivity contribution in [2.75, 3.05) is 27.3 Å². The van der Waals surface area contributed by atoms with E-state index in [2.05, 4.69) is 15.6 Å². The van der Waals surface area contributed by atoms with Gasteiger partial charge in [0.05, 0.1) is 7.11 Å². The smallest absolute Gasteiger partial charge is 0.422 e. The number of hydrogen-bond acceptors (Lipinski definition) is 3. The molecule has 0 bridgehead atoms. The number of guanidine groups is 1. The number of rotatable bonds is 8. The number of nitrogens with one attached hydrogen (secondary N) is 2. The number of halogens is 5. The lowest BCUT2D eigenvalue weighted by Crippen LogP contribution is -2.37. The Hall–Kier alpha value is -2.24. The zero-order valence-electron chi connectivity index (χ0n) is 16.6. The predicted octanol–water partition coefficient (Wildman–Crippen LogP) is 4.30. The molecule has 0 aliphatic heterocycles. The van der Waals surface area contributed by atoms with E-state index in [9.17, 15) is 17.6 Å². The third-order valence-corrected chi connectivity index (χ3v) is 3.95. The minimum atomic E-state index is -4.42. The van der Waals surface area contributed by atoms with Gasteiger partial charge in [-0.1, -0.05) is 24.3 Å². The summed E-state index contributed by atoms with van der Waals surface area (Å²) in [5.41, 5.74) is 1.37. The molecule has 0 radical (unpaired) electrons. The number of nitrogens with zero attached hydrogens (tertiary/aromatic N) is 1. The largest absolute Gasteiger partial charge is 0.493 e. The number of methoxy groups -OCH3 is 1. The fraction of sp³-hybridized carbons (Fsp3) is 0.350. The van der Waals surface area contributed by atoms with E-state index >= 15 is 0 Å². The molecular weight excluding hydrogens is 517 g/mol. The summed E-state index contributed by atoms with van der Waals surface area (Å²) in [7, 11) is 2.96. The van der Waals surface area contributed by atoms with Gasteiger partial charge in [0.25, 0.3) is 0 Å². The fourth-order valence-electron chi connectivity index (χ4n) is 2.52. The van der Waals surface area contributed by atoms with Crippen LogP contribution in [0, 0.1) is 5.82 Å². The molecule has 0 aliphatic rings. The van der Waals surface area contributed by atoms with Crippen molar-refractivity contribution < 1.29 is 27.0 Å². The van der Waals surface area contributed by atoms with Crippen LogP contribution in [0.15, 0.2) is 47.5 Å². The van der Waals surface area contributed by atoms with E-state index in [1.165, 1.54) is 19.2 Å². The second kappa shape index (κ2) is 12.5. The maximum absolute atomic E-state index is 13.6. The van der Waals surface area contributed by atoms with Crippen molar-refractivity contribution in [3.8, 4) is 11.5 Å². The van der Waals surface area contributed by atoms with Crippen molar-refractivity contribution in [2.45, 2.75) is 19.1 Å². The summed E-state index contributed by atoms with van der Waals surface area (Å²) >= 11 is 0. The van der Waals surface area contributed by atoms with Gasteiger partial charge in [0.1, 0.15) is 5.82 Å². The van der Waals surface area contributed by atoms with Crippen LogP contribution in [0.25, 0.3) is 0 Å². The van der Waals surface area contributed by atoms with Crippen LogP contribution < -0.4 is 20.1 Å². The zero-order chi connectivity index (χ0) is 21.3. The molecule has 0 saturated carbocycles. The maximum Gasteiger partial charge on any atom is 0.422 e. The average Bonchev–Trinajstić information content (AvgIpc) is 2.69. The van der Waals surface area contributed by atoms with Crippen molar-refractivity contribution in [2.24, 2.45) is 4.99 Å². The van der Waals surface area contributed by atoms with Crippen molar-refractivity contribution >= 4 is 29.9 Å². The maximum atomic E-state index is 13.6. The van der Waals surface area contributed by atoms with Crippen LogP contribution in [-0.2, 0) is 13.0 Å². The highest BCUT2D eigenvalue weighted by Gasteiger charge is 2.29. The second-order valence-electron chi connectivity index (χ2n) is 6.08. The number of hydrogen-bond donors (Lipinski definition) is 2. The molecular formula is C20H24F4IN3O2. The summed E-state index contributed by atoms with van der Waals surface area (Å²) in [6.07, 6.45) is -3.93. The number of benzene rings is 2. The van der Waals surface area contributed by atoms with E-state index in [4.69, 9.17) is 9.47 Å². The minimum Gasteiger partial charge on any atom is -0.493 e. The molecule has 5 nitrogen and oxygen atoms in total. The SMILES string of the molecule is CN=C(NCCc1ccccc1F)NCc1ccc(OCC(F)(F)F)c(OC)c1.I. The molecule has 0 atom stereocenters. The molecule has 30 heavy (non-hydrogen) atoms. The average molecular weight is 541 g/mol. The normalized spacial score (nSPS) is 11.5. The molecule has 0 fully saturated rings. The number of aliphatic imine (C=N–C) groups is 1. The summed E-state index contributed by atoms with van der Waals surface area (Å²) in [6.45, 7) is -0.553. The van der Waals surface area contributed by atoms with Gasteiger partial charge in [-0.25, -0.2) is 4.39 Å². The Labute approximate surface area is 189 Å². The summed E-state index contributed by atoms with van der Waals surface area (Å²) in [5.74, 6) is 0.479. The van der Waals surface area contributed by atoms with Crippen LogP contribution >= 0.6 is 24.0 Å². The summed E-state index contributed by atoms with van der Waals surface area (Å²) < 4.78 is 60.5. The van der Waals surface area contributed by atoms with Gasteiger partial charge in [0.15, 0.2) is 24.1 Å². The van der Waals surface area contributed by atoms with Crippen molar-refractivity contribution in [1.29, 1.82) is 0 Å². The Morgan fingerprint density at radius 3 is 2.43 bits per heavy atom. The third-order valence-electron chi connectivity index (χ3n) is 3.95. The van der Waals surface area contributed by atoms with Crippen molar-refractivity contribution in [3.05, 3.63) is 59.4 Å². The number of ether oxygens (including phenoxy) is 2. The Morgan fingerprint density at radius 1 is 1.07 bits per heavy atom. The van der Waals surface area contributed by atoms with Crippen LogP contribution in [-0.4, -0.2) is 39.4 Å². The molecule has 2 rings (SSSR count). The van der Waals surface area contributed by atoms with Gasteiger partial charge in [-0.2, -0.15) is 13.2 Å². The fourth-order valence-corrected chi connectivity index (χ4v) is 2.52. The molecule has 2 aromatic carbocycles. The zero-order valence-corrected chi connectivity index (χ0v) is 18.9. The van der Waals surface area contributed by atoms with Gasteiger partial charge in [-0.05, 0) is 35.7 Å². The Balaban J connectivity index is 0.00000450. The summed E-state index contributed by atoms with van der Waals surface area (Å²) in [4.78, 5) is 4.09. The Kier molecular flexibility index (Phi) is 10.7. The van der Waals surface area contributed by atoms with Gasteiger partial charge >= 0.3 is 6.18 Å². The van der Waals surface area contributed by atoms with E-state index in [0.29, 0.717) is 31.0 Å². The van der Waals surface area contributed by atoms with Gasteiger partial charge in [0.2, 0.25) is 0 Å². The topological polar surface area (TPSA) is 54.9 Å². The van der Waals surface area contributed by atoms with Crippen LogP contribution in [0.4, 0.5) is 17.6 Å². The summed E-state index contributed by atoms with van der Waals surface area (Å²) in [5, 5.41) is 6.17. The third kappa shape index (κ3) is 8.64. The van der Waals surface area contributed by atoms with Gasteiger partial charge in [-0.3, -0.25) is 4.99 Å². The molecule has 2 N–H and O–H groups in total. The molecule has 0 unspecified atom stereocenters. The monoisotopic (exact) mass is 541 g/mol. The molecule has 0 amide bonds. The van der Waals surface area contributed by atoms with E-state index in [-0.39, 0.29) is 41.3 Å². The first-order valence-corrected chi connectivity index (χ1v) is 8.87. The Bertz CT molecular complexity index is 832. The molecule has 166 valence electrons. The van der Waals surface area contributed by atoms with Crippen LogP contribution in [0.2, 0.25) is 0 Å². The van der Waals surface area contributed by atoms with E-state index in [1.54, 1.807) is 37.4 Å². The second-order valence-corrected chi connectivity index (χ2v) is 6.08. The highest BCUT2D eigenvalue weighted by Crippen LogP contribution is 2.29. The van der Waals surface area contributed by atoms with E-state index < -0.39 is 12.8 Å². The van der Waals surface area contributed by atoms with Crippen LogP contribution in [0.3, 0.4) is 0 Å². The number of alkyl halides is 3. The molecule has 0 aliphatic carbocycles. The molecule has 2 aromatic rings. The molecule has 0 spiro atoms. The highest BCUT2D eigenvalue weighted by molar-refractivity contribution is 14.0.